The van der Waals surface area contributed by atoms with E-state index in [1.54, 1.807) is 0 Å². The maximum absolute atomic E-state index is 11.2. The highest BCUT2D eigenvalue weighted by Crippen LogP contribution is 2.39. The molecule has 7 rings (SSSR count). The lowest BCUT2D eigenvalue weighted by Crippen LogP contribution is -2.20. The van der Waals surface area contributed by atoms with Gasteiger partial charge in [-0.15, -0.1) is 0 Å². The molecule has 0 saturated heterocycles. The molecule has 0 atom stereocenters. The van der Waals surface area contributed by atoms with Gasteiger partial charge in [0.2, 0.25) is 0 Å². The molecule has 0 nitrogen and oxygen atoms in total. The molecule has 0 unspecified atom stereocenters. The molecule has 620 valence electrons. The van der Waals surface area contributed by atoms with Gasteiger partial charge in [-0.05, 0) is 119 Å². The predicted octanol–water partition coefficient (Wildman–Crippen LogP) is 39.0. The van der Waals surface area contributed by atoms with Crippen LogP contribution in [0, 0.1) is 86.8 Å². The summed E-state index contributed by atoms with van der Waals surface area (Å²) in [6, 6.07) is 0. The molecule has 7 fully saturated rings. The Morgan fingerprint density at radius 1 is 0.313 bits per heavy atom. The molecule has 99 heavy (non-hydrogen) atoms. The first-order valence-corrected chi connectivity index (χ1v) is 45.0. The third kappa shape index (κ3) is 156. The van der Waals surface area contributed by atoms with E-state index in [1.165, 1.54) is 231 Å². The number of hydrogen-bond donors (Lipinski definition) is 0. The summed E-state index contributed by atoms with van der Waals surface area (Å²) in [4.78, 5) is 0. The first kappa shape index (κ1) is 128. The zero-order valence-corrected chi connectivity index (χ0v) is 79.4. The number of rotatable bonds is 5. The summed E-state index contributed by atoms with van der Waals surface area (Å²) >= 11 is 0. The molecule has 0 aromatic carbocycles. The average Bonchev–Trinajstić information content (AvgIpc) is 1.67. The van der Waals surface area contributed by atoms with Crippen molar-refractivity contribution >= 4 is 0 Å². The maximum atomic E-state index is 11.2. The Morgan fingerprint density at radius 3 is 0.576 bits per heavy atom. The van der Waals surface area contributed by atoms with E-state index in [2.05, 4.69) is 222 Å². The predicted molar refractivity (Wildman–Crippen MR) is 470 cm³/mol. The highest BCUT2D eigenvalue weighted by molar-refractivity contribution is 4.78. The van der Waals surface area contributed by atoms with E-state index < -0.39 is 12.1 Å². The third-order valence-electron chi connectivity index (χ3n) is 17.8. The molecule has 0 heterocycles. The molecule has 3 heteroatoms. The topological polar surface area (TPSA) is 0 Å². The first-order valence-electron chi connectivity index (χ1n) is 45.0. The lowest BCUT2D eigenvalue weighted by molar-refractivity contribution is -0.164. The fourth-order valence-corrected chi connectivity index (χ4v) is 9.03. The van der Waals surface area contributed by atoms with Gasteiger partial charge in [0, 0.05) is 5.92 Å². The lowest BCUT2D eigenvalue weighted by Gasteiger charge is -2.33. The van der Waals surface area contributed by atoms with Crippen molar-refractivity contribution < 1.29 is 13.2 Å². The van der Waals surface area contributed by atoms with Crippen molar-refractivity contribution in [1.82, 2.24) is 0 Å². The van der Waals surface area contributed by atoms with Gasteiger partial charge >= 0.3 is 6.18 Å². The monoisotopic (exact) mass is 1430 g/mol. The Balaban J connectivity index is -0.0000000727. The van der Waals surface area contributed by atoms with Crippen molar-refractivity contribution in [3.05, 3.63) is 0 Å². The smallest absolute Gasteiger partial charge is 0.171 e. The van der Waals surface area contributed by atoms with Gasteiger partial charge in [0.05, 0.1) is 0 Å². The highest BCUT2D eigenvalue weighted by Gasteiger charge is 2.31. The van der Waals surface area contributed by atoms with Gasteiger partial charge in [0.25, 0.3) is 0 Å². The second kappa shape index (κ2) is 93.9. The Bertz CT molecular complexity index is 1220. The first-order chi connectivity index (χ1) is 45.9. The van der Waals surface area contributed by atoms with Crippen LogP contribution in [-0.4, -0.2) is 6.18 Å². The molecule has 0 amide bonds. The summed E-state index contributed by atoms with van der Waals surface area (Å²) in [5.41, 5.74) is 2.36. The quantitative estimate of drug-likeness (QED) is 0.257. The van der Waals surface area contributed by atoms with Crippen molar-refractivity contribution in [1.29, 1.82) is 0 Å². The normalized spacial score (nSPS) is 17.5. The average molecular weight is 1430 g/mol. The van der Waals surface area contributed by atoms with Gasteiger partial charge in [0.15, 0.2) is 0 Å². The molecule has 0 N–H and O–H groups in total. The van der Waals surface area contributed by atoms with E-state index in [0.717, 1.165) is 73.0 Å². The minimum absolute atomic E-state index is 0.500. The molecule has 0 aromatic heterocycles. The Morgan fingerprint density at radius 2 is 0.465 bits per heavy atom. The SMILES string of the molecule is CC.CC.CC.CC.CC.CC(C)(C)C.CC(C)C.CC(C)C(F)(F)F.CC1CC1.CC1CCC(C)(C)CC1.CC1CCCC1.CC1CCCCC1.CCC.CCC.CCC(C)(C)C.CCC(C)C.CCC(C)C.CCC1CCC(C)(C)CC1.CCC1CCCC1.CCC1CCCCC1. The van der Waals surface area contributed by atoms with Gasteiger partial charge in [-0.3, -0.25) is 0 Å². The van der Waals surface area contributed by atoms with Crippen LogP contribution in [0.5, 0.6) is 0 Å². The van der Waals surface area contributed by atoms with Crippen LogP contribution in [0.25, 0.3) is 0 Å². The molecule has 7 saturated carbocycles. The summed E-state index contributed by atoms with van der Waals surface area (Å²) < 4.78 is 33.5. The second-order valence-corrected chi connectivity index (χ2v) is 35.5. The largest absolute Gasteiger partial charge is 0.391 e. The molecule has 0 aromatic rings. The van der Waals surface area contributed by atoms with E-state index >= 15 is 0 Å². The fourth-order valence-electron chi connectivity index (χ4n) is 9.03. The van der Waals surface area contributed by atoms with Crippen molar-refractivity contribution in [2.24, 2.45) is 86.8 Å². The van der Waals surface area contributed by atoms with E-state index in [4.69, 9.17) is 0 Å². The lowest BCUT2D eigenvalue weighted by atomic mass is 9.72. The number of hydrogen-bond acceptors (Lipinski definition) is 0. The number of halogens is 3. The minimum Gasteiger partial charge on any atom is -0.171 e. The summed E-state index contributed by atoms with van der Waals surface area (Å²) in [5, 5.41) is 0. The van der Waals surface area contributed by atoms with Gasteiger partial charge in [-0.1, -0.05) is 497 Å². The van der Waals surface area contributed by atoms with Crippen LogP contribution >= 0.6 is 0 Å². The molecule has 0 bridgehead atoms. The van der Waals surface area contributed by atoms with Crippen LogP contribution in [0.3, 0.4) is 0 Å². The number of alkyl halides is 3. The second-order valence-electron chi connectivity index (χ2n) is 35.5. The summed E-state index contributed by atoms with van der Waals surface area (Å²) in [6.07, 6.45) is 48.1. The molecule has 0 aliphatic heterocycles. The van der Waals surface area contributed by atoms with Crippen molar-refractivity contribution in [3.8, 4) is 0 Å². The summed E-state index contributed by atoms with van der Waals surface area (Å²) in [5.74, 6) is 8.80. The van der Waals surface area contributed by atoms with E-state index in [9.17, 15) is 13.2 Å². The Kier molecular flexibility index (Phi) is 122. The van der Waals surface area contributed by atoms with Crippen molar-refractivity contribution in [2.45, 2.75) is 542 Å². The highest BCUT2D eigenvalue weighted by atomic mass is 19.4. The minimum atomic E-state index is -4.00. The van der Waals surface area contributed by atoms with Crippen LogP contribution in [0.4, 0.5) is 13.2 Å². The molecular formula is C96H215F3. The third-order valence-corrected chi connectivity index (χ3v) is 17.8. The molecule has 7 aliphatic carbocycles. The van der Waals surface area contributed by atoms with Gasteiger partial charge in [0.1, 0.15) is 0 Å². The van der Waals surface area contributed by atoms with Gasteiger partial charge < -0.3 is 0 Å². The van der Waals surface area contributed by atoms with Gasteiger partial charge in [-0.25, -0.2) is 0 Å². The molecule has 0 radical (unpaired) electrons. The zero-order valence-electron chi connectivity index (χ0n) is 79.4. The molecule has 0 spiro atoms. The van der Waals surface area contributed by atoms with E-state index in [0.29, 0.717) is 21.7 Å². The standard InChI is InChI=1S/C10H20.C9H18.C8H16.2C7H14.C6H12.C6H14.3C5H12.C4H7F3.C4H8.C4H10.2C3H8.5C2H6/c1-4-9-5-7-10(2,3)8-6-9;1-8-4-6-9(2,3)7-5-8;1-2-8-6-4-3-5-7-8;1-7-5-3-2-4-6-7;1-2-7-5-3-4-6-7;1-6-4-2-3-5-6;1-5-6(2,3)4;1-5(2,3)4;2*1-4-5(2)3;1-3(2)4(5,6)7;1-4-2-3-4;1-4(2)3;2*1-3-2;5*1-2/h9H,4-8H2,1-3H3;8H,4-7H2,1-3H3;8H,2-7H2,1H3;2*7H,2-6H2,1H3;6H,2-5H2,1H3;5H2,1-4H3;1-4H3;2*5H,4H2,1-3H3;3H,1-2H3;4H,2-3H2,1H3;4H,1-3H3;2*3H2,1-2H3;5*1-2H3. The Hall–Kier alpha value is -0.210. The van der Waals surface area contributed by atoms with E-state index in [-0.39, 0.29) is 0 Å². The van der Waals surface area contributed by atoms with Crippen molar-refractivity contribution in [2.75, 3.05) is 0 Å². The fraction of sp³-hybridized carbons (Fsp3) is 1.00. The van der Waals surface area contributed by atoms with Crippen LogP contribution in [0.2, 0.25) is 0 Å². The van der Waals surface area contributed by atoms with Crippen molar-refractivity contribution in [3.63, 3.8) is 0 Å². The van der Waals surface area contributed by atoms with Gasteiger partial charge in [-0.2, -0.15) is 13.2 Å². The summed E-state index contributed by atoms with van der Waals surface area (Å²) in [7, 11) is 0. The van der Waals surface area contributed by atoms with Crippen LogP contribution < -0.4 is 0 Å². The maximum Gasteiger partial charge on any atom is 0.391 e. The summed E-state index contributed by atoms with van der Waals surface area (Å²) in [6.45, 7) is 94.1. The Labute approximate surface area is 638 Å². The van der Waals surface area contributed by atoms with E-state index in [1.807, 2.05) is 69.2 Å². The van der Waals surface area contributed by atoms with Crippen LogP contribution in [0.15, 0.2) is 0 Å². The molecular weight excluding hydrogens is 1210 g/mol. The van der Waals surface area contributed by atoms with Crippen LogP contribution in [0.1, 0.15) is 536 Å². The molecule has 7 aliphatic rings. The van der Waals surface area contributed by atoms with Crippen LogP contribution in [-0.2, 0) is 0 Å². The zero-order chi connectivity index (χ0) is 81.3.